The van der Waals surface area contributed by atoms with Crippen molar-refractivity contribution in [1.82, 2.24) is 9.03 Å². The number of nitrogens with zero attached hydrogens (tertiary/aromatic N) is 1. The molecule has 1 N–H and O–H groups in total. The first-order chi connectivity index (χ1) is 10.1. The maximum atomic E-state index is 12.2. The second-order valence-corrected chi connectivity index (χ2v) is 8.89. The molecule has 0 radical (unpaired) electrons. The van der Waals surface area contributed by atoms with Crippen molar-refractivity contribution in [3.05, 3.63) is 29.3 Å². The van der Waals surface area contributed by atoms with Crippen molar-refractivity contribution in [3.8, 4) is 0 Å². The Balaban J connectivity index is 2.79. The van der Waals surface area contributed by atoms with Crippen molar-refractivity contribution in [1.29, 1.82) is 0 Å². The molecule has 1 rings (SSSR count). The molecule has 0 fully saturated rings. The van der Waals surface area contributed by atoms with E-state index in [0.29, 0.717) is 18.7 Å². The quantitative estimate of drug-likeness (QED) is 0.766. The summed E-state index contributed by atoms with van der Waals surface area (Å²) in [5.74, 6) is -0.251. The van der Waals surface area contributed by atoms with Gasteiger partial charge in [0.1, 0.15) is 0 Å². The van der Waals surface area contributed by atoms with Crippen LogP contribution in [-0.2, 0) is 20.0 Å². The zero-order valence-electron chi connectivity index (χ0n) is 13.5. The Hall–Kier alpha value is -0.960. The molecule has 0 aromatic heterocycles. The summed E-state index contributed by atoms with van der Waals surface area (Å²) in [6.45, 7) is 7.71. The molecular formula is C14H24N2O4S2. The molecule has 0 atom stereocenters. The molecule has 1 aromatic rings. The van der Waals surface area contributed by atoms with Crippen LogP contribution in [0.1, 0.15) is 25.0 Å². The number of nitrogens with one attached hydrogen (secondary N) is 1. The van der Waals surface area contributed by atoms with Crippen LogP contribution in [0.2, 0.25) is 0 Å². The first kappa shape index (κ1) is 19.1. The van der Waals surface area contributed by atoms with Crippen LogP contribution in [0.4, 0.5) is 0 Å². The van der Waals surface area contributed by atoms with Crippen LogP contribution in [0, 0.1) is 13.8 Å². The molecule has 6 nitrogen and oxygen atoms in total. The summed E-state index contributed by atoms with van der Waals surface area (Å²) in [5.41, 5.74) is 1.61. The Morgan fingerprint density at radius 2 is 1.64 bits per heavy atom. The average molecular weight is 348 g/mol. The lowest BCUT2D eigenvalue weighted by Gasteiger charge is -2.18. The Kier molecular flexibility index (Phi) is 6.54. The molecule has 0 saturated heterocycles. The van der Waals surface area contributed by atoms with E-state index in [1.54, 1.807) is 32.9 Å². The highest BCUT2D eigenvalue weighted by atomic mass is 32.2. The van der Waals surface area contributed by atoms with Crippen molar-refractivity contribution >= 4 is 20.0 Å². The van der Waals surface area contributed by atoms with E-state index in [4.69, 9.17) is 0 Å². The van der Waals surface area contributed by atoms with E-state index in [9.17, 15) is 16.8 Å². The highest BCUT2D eigenvalue weighted by molar-refractivity contribution is 7.90. The number of sulfonamides is 2. The summed E-state index contributed by atoms with van der Waals surface area (Å²) in [4.78, 5) is 0.179. The topological polar surface area (TPSA) is 83.6 Å². The van der Waals surface area contributed by atoms with Crippen molar-refractivity contribution < 1.29 is 16.8 Å². The van der Waals surface area contributed by atoms with Crippen LogP contribution in [0.25, 0.3) is 0 Å². The van der Waals surface area contributed by atoms with Crippen LogP contribution in [0.15, 0.2) is 23.1 Å². The molecule has 1 aromatic carbocycles. The van der Waals surface area contributed by atoms with Crippen molar-refractivity contribution in [3.63, 3.8) is 0 Å². The van der Waals surface area contributed by atoms with Crippen LogP contribution >= 0.6 is 0 Å². The summed E-state index contributed by atoms with van der Waals surface area (Å²) < 4.78 is 52.2. The monoisotopic (exact) mass is 348 g/mol. The van der Waals surface area contributed by atoms with E-state index >= 15 is 0 Å². The molecule has 0 aliphatic rings. The van der Waals surface area contributed by atoms with Gasteiger partial charge in [0.25, 0.3) is 0 Å². The fourth-order valence-corrected chi connectivity index (χ4v) is 5.02. The van der Waals surface area contributed by atoms with E-state index in [-0.39, 0.29) is 17.2 Å². The summed E-state index contributed by atoms with van der Waals surface area (Å²) in [6, 6.07) is 5.03. The normalized spacial score (nSPS) is 12.8. The van der Waals surface area contributed by atoms with Gasteiger partial charge in [0.2, 0.25) is 20.0 Å². The number of hydrogen-bond donors (Lipinski definition) is 1. The van der Waals surface area contributed by atoms with Gasteiger partial charge in [-0.3, -0.25) is 0 Å². The van der Waals surface area contributed by atoms with Crippen molar-refractivity contribution in [2.24, 2.45) is 0 Å². The Labute approximate surface area is 133 Å². The first-order valence-corrected chi connectivity index (χ1v) is 10.3. The Morgan fingerprint density at radius 1 is 1.05 bits per heavy atom. The van der Waals surface area contributed by atoms with Gasteiger partial charge >= 0.3 is 0 Å². The minimum atomic E-state index is -3.70. The Bertz CT molecular complexity index is 708. The molecule has 0 unspecified atom stereocenters. The molecule has 0 amide bonds. The van der Waals surface area contributed by atoms with E-state index in [1.807, 2.05) is 6.92 Å². The largest absolute Gasteiger partial charge is 0.240 e. The maximum absolute atomic E-state index is 12.2. The number of hydrogen-bond acceptors (Lipinski definition) is 4. The SMILES string of the molecule is CCN(CC)S(=O)(=O)CCNS(=O)(=O)c1ccc(C)cc1C. The van der Waals surface area contributed by atoms with Crippen LogP contribution in [-0.4, -0.2) is 46.5 Å². The second kappa shape index (κ2) is 7.54. The van der Waals surface area contributed by atoms with Crippen molar-refractivity contribution in [2.45, 2.75) is 32.6 Å². The van der Waals surface area contributed by atoms with Crippen LogP contribution in [0.3, 0.4) is 0 Å². The molecule has 0 bridgehead atoms. The van der Waals surface area contributed by atoms with Gasteiger partial charge in [-0.1, -0.05) is 31.5 Å². The second-order valence-electron chi connectivity index (χ2n) is 5.07. The molecule has 0 spiro atoms. The lowest BCUT2D eigenvalue weighted by atomic mass is 10.2. The smallest absolute Gasteiger partial charge is 0.212 e. The molecule has 0 saturated carbocycles. The molecule has 0 heterocycles. The number of rotatable bonds is 8. The van der Waals surface area contributed by atoms with Gasteiger partial charge in [-0.2, -0.15) is 0 Å². The molecule has 0 aliphatic carbocycles. The summed E-state index contributed by atoms with van der Waals surface area (Å²) in [5, 5.41) is 0. The zero-order chi connectivity index (χ0) is 17.0. The average Bonchev–Trinajstić information content (AvgIpc) is 2.38. The van der Waals surface area contributed by atoms with Gasteiger partial charge in [0, 0.05) is 19.6 Å². The van der Waals surface area contributed by atoms with Gasteiger partial charge in [0.15, 0.2) is 0 Å². The predicted molar refractivity (Wildman–Crippen MR) is 87.8 cm³/mol. The lowest BCUT2D eigenvalue weighted by Crippen LogP contribution is -2.37. The third kappa shape index (κ3) is 4.77. The standard InChI is InChI=1S/C14H24N2O4S2/c1-5-16(6-2)21(17,18)10-9-15-22(19,20)14-8-7-12(3)11-13(14)4/h7-8,11,15H,5-6,9-10H2,1-4H3. The molecule has 126 valence electrons. The third-order valence-electron chi connectivity index (χ3n) is 3.37. The minimum absolute atomic E-state index is 0.144. The van der Waals surface area contributed by atoms with Gasteiger partial charge in [0.05, 0.1) is 10.6 Å². The lowest BCUT2D eigenvalue weighted by molar-refractivity contribution is 0.445. The highest BCUT2D eigenvalue weighted by Gasteiger charge is 2.21. The van der Waals surface area contributed by atoms with E-state index in [1.165, 1.54) is 10.4 Å². The Morgan fingerprint density at radius 3 is 2.14 bits per heavy atom. The fraction of sp³-hybridized carbons (Fsp3) is 0.571. The molecule has 8 heteroatoms. The zero-order valence-corrected chi connectivity index (χ0v) is 15.1. The molecule has 0 aliphatic heterocycles. The minimum Gasteiger partial charge on any atom is -0.212 e. The van der Waals surface area contributed by atoms with Gasteiger partial charge in [-0.05, 0) is 25.5 Å². The fourth-order valence-electron chi connectivity index (χ4n) is 2.23. The molecule has 22 heavy (non-hydrogen) atoms. The summed E-state index contributed by atoms with van der Waals surface area (Å²) in [7, 11) is -7.14. The number of benzene rings is 1. The van der Waals surface area contributed by atoms with E-state index in [2.05, 4.69) is 4.72 Å². The van der Waals surface area contributed by atoms with Crippen LogP contribution < -0.4 is 4.72 Å². The van der Waals surface area contributed by atoms with Gasteiger partial charge in [-0.25, -0.2) is 25.9 Å². The predicted octanol–water partition coefficient (Wildman–Crippen LogP) is 1.25. The maximum Gasteiger partial charge on any atom is 0.240 e. The van der Waals surface area contributed by atoms with E-state index in [0.717, 1.165) is 5.56 Å². The summed E-state index contributed by atoms with van der Waals surface area (Å²) in [6.07, 6.45) is 0. The summed E-state index contributed by atoms with van der Waals surface area (Å²) >= 11 is 0. The molecular weight excluding hydrogens is 324 g/mol. The van der Waals surface area contributed by atoms with Gasteiger partial charge in [-0.15, -0.1) is 0 Å². The van der Waals surface area contributed by atoms with Crippen LogP contribution in [0.5, 0.6) is 0 Å². The van der Waals surface area contributed by atoms with Crippen molar-refractivity contribution in [2.75, 3.05) is 25.4 Å². The first-order valence-electron chi connectivity index (χ1n) is 7.18. The third-order valence-corrected chi connectivity index (χ3v) is 7.02. The van der Waals surface area contributed by atoms with E-state index < -0.39 is 20.0 Å². The number of aryl methyl sites for hydroxylation is 2. The van der Waals surface area contributed by atoms with Gasteiger partial charge < -0.3 is 0 Å². The highest BCUT2D eigenvalue weighted by Crippen LogP contribution is 2.16.